The minimum Gasteiger partial charge on any atom is -0.309 e. The van der Waals surface area contributed by atoms with Crippen LogP contribution < -0.4 is 5.32 Å². The summed E-state index contributed by atoms with van der Waals surface area (Å²) < 4.78 is 28.4. The molecule has 0 radical (unpaired) electrons. The van der Waals surface area contributed by atoms with Crippen molar-refractivity contribution in [1.29, 1.82) is 0 Å². The van der Waals surface area contributed by atoms with E-state index in [1.165, 1.54) is 13.1 Å². The van der Waals surface area contributed by atoms with Crippen molar-refractivity contribution in [3.8, 4) is 0 Å². The zero-order chi connectivity index (χ0) is 21.7. The van der Waals surface area contributed by atoms with Gasteiger partial charge in [0, 0.05) is 20.1 Å². The average Bonchev–Trinajstić information content (AvgIpc) is 3.37. The molecule has 30 heavy (non-hydrogen) atoms. The molecule has 0 saturated heterocycles. The van der Waals surface area contributed by atoms with Gasteiger partial charge in [-0.15, -0.1) is 11.3 Å². The molecule has 0 aliphatic rings. The van der Waals surface area contributed by atoms with Crippen LogP contribution in [0.15, 0.2) is 46.0 Å². The summed E-state index contributed by atoms with van der Waals surface area (Å²) in [6.07, 6.45) is 0. The molecule has 10 heteroatoms. The Morgan fingerprint density at radius 2 is 1.90 bits per heavy atom. The number of para-hydroxylation sites is 2. The lowest BCUT2D eigenvalue weighted by atomic mass is 10.3. The number of benzene rings is 1. The molecule has 0 fully saturated rings. The Bertz CT molecular complexity index is 1090. The monoisotopic (exact) mass is 449 g/mol. The first-order valence-corrected chi connectivity index (χ1v) is 12.2. The summed E-state index contributed by atoms with van der Waals surface area (Å²) in [4.78, 5) is 19.5. The fourth-order valence-corrected chi connectivity index (χ4v) is 5.52. The molecule has 162 valence electrons. The Morgan fingerprint density at radius 1 is 1.17 bits per heavy atom. The molecule has 1 aromatic carbocycles. The van der Waals surface area contributed by atoms with Crippen LogP contribution in [0.25, 0.3) is 11.0 Å². The predicted molar refractivity (Wildman–Crippen MR) is 120 cm³/mol. The van der Waals surface area contributed by atoms with Crippen LogP contribution in [-0.2, 0) is 21.4 Å². The fourth-order valence-electron chi connectivity index (χ4n) is 3.19. The third-order valence-corrected chi connectivity index (χ3v) is 8.14. The highest BCUT2D eigenvalue weighted by Crippen LogP contribution is 2.21. The predicted octanol–water partition coefficient (Wildman–Crippen LogP) is 2.70. The van der Waals surface area contributed by atoms with Crippen molar-refractivity contribution < 1.29 is 13.2 Å². The molecule has 0 spiro atoms. The number of hydrogen-bond donors (Lipinski definition) is 1. The summed E-state index contributed by atoms with van der Waals surface area (Å²) in [6.45, 7) is 7.31. The fraction of sp³-hybridized carbons (Fsp3) is 0.400. The Balaban J connectivity index is 1.77. The third kappa shape index (κ3) is 4.89. The minimum absolute atomic E-state index is 0.212. The number of amides is 1. The van der Waals surface area contributed by atoms with E-state index in [0.717, 1.165) is 46.3 Å². The first-order valence-electron chi connectivity index (χ1n) is 9.84. The van der Waals surface area contributed by atoms with Crippen LogP contribution in [0.1, 0.15) is 13.8 Å². The lowest BCUT2D eigenvalue weighted by Crippen LogP contribution is -2.35. The molecule has 0 aliphatic carbocycles. The number of fused-ring (bicyclic) bond motifs is 1. The number of imidazole rings is 1. The van der Waals surface area contributed by atoms with E-state index in [2.05, 4.69) is 29.0 Å². The van der Waals surface area contributed by atoms with E-state index >= 15 is 0 Å². The highest BCUT2D eigenvalue weighted by molar-refractivity contribution is 7.91. The van der Waals surface area contributed by atoms with Gasteiger partial charge >= 0.3 is 0 Å². The summed E-state index contributed by atoms with van der Waals surface area (Å²) in [5, 5.41) is 4.49. The van der Waals surface area contributed by atoms with E-state index in [0.29, 0.717) is 12.5 Å². The van der Waals surface area contributed by atoms with Gasteiger partial charge in [-0.3, -0.25) is 10.1 Å². The average molecular weight is 450 g/mol. The second kappa shape index (κ2) is 9.69. The number of anilines is 1. The summed E-state index contributed by atoms with van der Waals surface area (Å²) in [6, 6.07) is 10.9. The normalized spacial score (nSPS) is 12.2. The van der Waals surface area contributed by atoms with Crippen molar-refractivity contribution in [3.63, 3.8) is 0 Å². The molecular weight excluding hydrogens is 422 g/mol. The lowest BCUT2D eigenvalue weighted by Gasteiger charge is -2.20. The number of thiophene rings is 1. The van der Waals surface area contributed by atoms with Gasteiger partial charge in [0.15, 0.2) is 0 Å². The molecule has 3 aromatic rings. The number of likely N-dealkylation sites (N-methyl/N-ethyl adjacent to an activating group) is 2. The van der Waals surface area contributed by atoms with Gasteiger partial charge in [-0.05, 0) is 36.7 Å². The van der Waals surface area contributed by atoms with Gasteiger partial charge in [-0.1, -0.05) is 32.0 Å². The Morgan fingerprint density at radius 3 is 2.57 bits per heavy atom. The molecule has 8 nitrogen and oxygen atoms in total. The third-order valence-electron chi connectivity index (χ3n) is 4.97. The molecule has 0 unspecified atom stereocenters. The molecule has 1 amide bonds. The van der Waals surface area contributed by atoms with Crippen LogP contribution in [-0.4, -0.2) is 66.3 Å². The molecule has 0 bridgehead atoms. The molecule has 0 atom stereocenters. The van der Waals surface area contributed by atoms with E-state index in [4.69, 9.17) is 0 Å². The summed E-state index contributed by atoms with van der Waals surface area (Å²) >= 11 is 1.13. The minimum atomic E-state index is -3.69. The number of nitrogens with one attached hydrogen (secondary N) is 1. The Hall–Kier alpha value is -2.27. The number of carbonyl (C=O) groups excluding carboxylic acids is 1. The van der Waals surface area contributed by atoms with E-state index in [-0.39, 0.29) is 10.8 Å². The van der Waals surface area contributed by atoms with Crippen LogP contribution in [0.2, 0.25) is 0 Å². The van der Waals surface area contributed by atoms with Crippen molar-refractivity contribution in [2.75, 3.05) is 38.5 Å². The van der Waals surface area contributed by atoms with E-state index in [9.17, 15) is 13.2 Å². The van der Waals surface area contributed by atoms with Crippen LogP contribution in [0.3, 0.4) is 0 Å². The maximum atomic E-state index is 12.6. The SMILES string of the molecule is CCN(CC)CCn1c(NC(=O)CN(C)S(=O)(=O)c2cccs2)nc2ccccc21. The Kier molecular flexibility index (Phi) is 7.24. The molecule has 2 aromatic heterocycles. The maximum Gasteiger partial charge on any atom is 0.252 e. The summed E-state index contributed by atoms with van der Waals surface area (Å²) in [7, 11) is -2.29. The highest BCUT2D eigenvalue weighted by atomic mass is 32.2. The van der Waals surface area contributed by atoms with Gasteiger partial charge in [0.05, 0.1) is 17.6 Å². The lowest BCUT2D eigenvalue weighted by molar-refractivity contribution is -0.116. The molecule has 0 saturated carbocycles. The maximum absolute atomic E-state index is 12.6. The van der Waals surface area contributed by atoms with Gasteiger partial charge in [0.1, 0.15) is 4.21 Å². The molecule has 1 N–H and O–H groups in total. The second-order valence-electron chi connectivity index (χ2n) is 6.84. The number of hydrogen-bond acceptors (Lipinski definition) is 6. The number of carbonyl (C=O) groups is 1. The number of rotatable bonds is 10. The van der Waals surface area contributed by atoms with Crippen molar-refractivity contribution in [3.05, 3.63) is 41.8 Å². The van der Waals surface area contributed by atoms with Gasteiger partial charge in [-0.2, -0.15) is 4.31 Å². The van der Waals surface area contributed by atoms with Crippen LogP contribution in [0, 0.1) is 0 Å². The second-order valence-corrected chi connectivity index (χ2v) is 10.1. The largest absolute Gasteiger partial charge is 0.309 e. The molecule has 0 aliphatic heterocycles. The first kappa shape index (κ1) is 22.4. The standard InChI is InChI=1S/C20H27N5O3S2/c1-4-24(5-2)12-13-25-17-10-7-6-9-16(17)21-20(25)22-18(26)15-23(3)30(27,28)19-11-8-14-29-19/h6-11,14H,4-5,12-13,15H2,1-3H3,(H,21,22,26). The summed E-state index contributed by atoms with van der Waals surface area (Å²) in [5.41, 5.74) is 1.71. The summed E-state index contributed by atoms with van der Waals surface area (Å²) in [5.74, 6) is -0.00713. The van der Waals surface area contributed by atoms with Gasteiger partial charge in [0.25, 0.3) is 10.0 Å². The first-order chi connectivity index (χ1) is 14.4. The van der Waals surface area contributed by atoms with E-state index in [1.54, 1.807) is 11.4 Å². The van der Waals surface area contributed by atoms with Crippen LogP contribution in [0.5, 0.6) is 0 Å². The van der Waals surface area contributed by atoms with Crippen molar-refractivity contribution in [2.24, 2.45) is 0 Å². The topological polar surface area (TPSA) is 87.5 Å². The van der Waals surface area contributed by atoms with Crippen molar-refractivity contribution in [2.45, 2.75) is 24.6 Å². The van der Waals surface area contributed by atoms with Crippen LogP contribution >= 0.6 is 11.3 Å². The van der Waals surface area contributed by atoms with Gasteiger partial charge < -0.3 is 9.47 Å². The molecule has 3 rings (SSSR count). The zero-order valence-corrected chi connectivity index (χ0v) is 19.0. The zero-order valence-electron chi connectivity index (χ0n) is 17.4. The van der Waals surface area contributed by atoms with E-state index in [1.807, 2.05) is 28.8 Å². The highest BCUT2D eigenvalue weighted by Gasteiger charge is 2.24. The Labute approximate surface area is 181 Å². The van der Waals surface area contributed by atoms with Gasteiger partial charge in [0.2, 0.25) is 11.9 Å². The quantitative estimate of drug-likeness (QED) is 0.514. The van der Waals surface area contributed by atoms with Gasteiger partial charge in [-0.25, -0.2) is 13.4 Å². The van der Waals surface area contributed by atoms with Crippen molar-refractivity contribution in [1.82, 2.24) is 18.8 Å². The molecular formula is C20H27N5O3S2. The van der Waals surface area contributed by atoms with E-state index < -0.39 is 15.9 Å². The van der Waals surface area contributed by atoms with Crippen LogP contribution in [0.4, 0.5) is 5.95 Å². The number of aromatic nitrogens is 2. The smallest absolute Gasteiger partial charge is 0.252 e. The number of sulfonamides is 1. The number of nitrogens with zero attached hydrogens (tertiary/aromatic N) is 4. The molecule has 2 heterocycles. The van der Waals surface area contributed by atoms with Crippen molar-refractivity contribution >= 4 is 44.2 Å².